The van der Waals surface area contributed by atoms with Gasteiger partial charge in [-0.2, -0.15) is 5.10 Å². The van der Waals surface area contributed by atoms with Crippen molar-refractivity contribution in [3.05, 3.63) is 56.3 Å². The average molecular weight is 361 g/mol. The van der Waals surface area contributed by atoms with Crippen LogP contribution in [0.3, 0.4) is 0 Å². The van der Waals surface area contributed by atoms with E-state index in [4.69, 9.17) is 0 Å². The number of para-hydroxylation sites is 1. The number of nitrogens with zero attached hydrogens (tertiary/aromatic N) is 2. The highest BCUT2D eigenvalue weighted by atomic mass is 79.9. The molecule has 0 amide bonds. The number of aryl methyl sites for hydroxylation is 2. The lowest BCUT2D eigenvalue weighted by Crippen LogP contribution is -1.97. The van der Waals surface area contributed by atoms with Crippen molar-refractivity contribution in [2.45, 2.75) is 13.8 Å². The summed E-state index contributed by atoms with van der Waals surface area (Å²) < 4.78 is 2.82. The fourth-order valence-corrected chi connectivity index (χ4v) is 4.00. The van der Waals surface area contributed by atoms with E-state index in [-0.39, 0.29) is 0 Å². The number of halogens is 1. The summed E-state index contributed by atoms with van der Waals surface area (Å²) in [4.78, 5) is 12.5. The van der Waals surface area contributed by atoms with Gasteiger partial charge in [0.15, 0.2) is 6.29 Å². The van der Waals surface area contributed by atoms with Crippen LogP contribution in [-0.4, -0.2) is 16.1 Å². The summed E-state index contributed by atoms with van der Waals surface area (Å²) in [6, 6.07) is 10.00. The Morgan fingerprint density at radius 2 is 2.05 bits per heavy atom. The molecule has 1 aromatic carbocycles. The zero-order valence-corrected chi connectivity index (χ0v) is 14.0. The molecular weight excluding hydrogens is 348 g/mol. The minimum absolute atomic E-state index is 0.603. The minimum atomic E-state index is 0.603. The molecule has 0 aliphatic heterocycles. The summed E-state index contributed by atoms with van der Waals surface area (Å²) in [7, 11) is 0. The highest BCUT2D eigenvalue weighted by Gasteiger charge is 2.16. The van der Waals surface area contributed by atoms with Gasteiger partial charge >= 0.3 is 0 Å². The maximum absolute atomic E-state index is 11.4. The van der Waals surface area contributed by atoms with E-state index in [9.17, 15) is 4.79 Å². The molecule has 21 heavy (non-hydrogen) atoms. The molecule has 0 aliphatic carbocycles. The number of hydrogen-bond acceptors (Lipinski definition) is 3. The van der Waals surface area contributed by atoms with Crippen LogP contribution in [0, 0.1) is 13.8 Å². The lowest BCUT2D eigenvalue weighted by molar-refractivity contribution is 0.112. The Labute approximate surface area is 135 Å². The monoisotopic (exact) mass is 360 g/mol. The van der Waals surface area contributed by atoms with Crippen LogP contribution in [0.4, 0.5) is 0 Å². The van der Waals surface area contributed by atoms with Gasteiger partial charge in [-0.05, 0) is 47.5 Å². The molecule has 106 valence electrons. The van der Waals surface area contributed by atoms with Gasteiger partial charge in [0, 0.05) is 16.6 Å². The zero-order chi connectivity index (χ0) is 15.0. The van der Waals surface area contributed by atoms with Crippen LogP contribution in [0.5, 0.6) is 0 Å². The summed E-state index contributed by atoms with van der Waals surface area (Å²) in [5.41, 5.74) is 4.44. The Kier molecular flexibility index (Phi) is 3.78. The molecule has 2 heterocycles. The first-order valence-electron chi connectivity index (χ1n) is 6.47. The minimum Gasteiger partial charge on any atom is -0.298 e. The first-order chi connectivity index (χ1) is 10.1. The Hall–Kier alpha value is -1.72. The van der Waals surface area contributed by atoms with Crippen LogP contribution in [0.15, 0.2) is 40.3 Å². The van der Waals surface area contributed by atoms with Gasteiger partial charge in [0.25, 0.3) is 0 Å². The van der Waals surface area contributed by atoms with Gasteiger partial charge < -0.3 is 0 Å². The molecule has 0 bridgehead atoms. The summed E-state index contributed by atoms with van der Waals surface area (Å²) in [5, 5.41) is 4.63. The van der Waals surface area contributed by atoms with Crippen molar-refractivity contribution in [3.8, 4) is 16.9 Å². The first kappa shape index (κ1) is 14.2. The van der Waals surface area contributed by atoms with Crippen molar-refractivity contribution < 1.29 is 4.79 Å². The number of thiophene rings is 1. The van der Waals surface area contributed by atoms with Crippen molar-refractivity contribution in [2.24, 2.45) is 0 Å². The maximum Gasteiger partial charge on any atom is 0.153 e. The van der Waals surface area contributed by atoms with E-state index in [1.807, 2.05) is 44.2 Å². The molecule has 0 aliphatic rings. The van der Waals surface area contributed by atoms with Crippen LogP contribution >= 0.6 is 27.3 Å². The standard InChI is InChI=1S/C16H13BrN2OS/c1-10-5-3-4-6-14(10)19-8-12(9-20)16(18-19)13-7-15(17)21-11(13)2/h3-9H,1-2H3. The third-order valence-electron chi connectivity index (χ3n) is 3.37. The van der Waals surface area contributed by atoms with E-state index in [2.05, 4.69) is 21.0 Å². The second-order valence-corrected chi connectivity index (χ2v) is 7.44. The van der Waals surface area contributed by atoms with E-state index in [1.165, 1.54) is 0 Å². The summed E-state index contributed by atoms with van der Waals surface area (Å²) in [6.45, 7) is 4.07. The Balaban J connectivity index is 2.18. The fourth-order valence-electron chi connectivity index (χ4n) is 2.31. The quantitative estimate of drug-likeness (QED) is 0.629. The number of hydrogen-bond donors (Lipinski definition) is 0. The number of carbonyl (C=O) groups excluding carboxylic acids is 1. The molecule has 0 atom stereocenters. The summed E-state index contributed by atoms with van der Waals surface area (Å²) in [6.07, 6.45) is 2.65. The van der Waals surface area contributed by atoms with Gasteiger partial charge in [-0.3, -0.25) is 4.79 Å². The number of benzene rings is 1. The third-order valence-corrected chi connectivity index (χ3v) is 4.93. The zero-order valence-electron chi connectivity index (χ0n) is 11.6. The van der Waals surface area contributed by atoms with E-state index >= 15 is 0 Å². The summed E-state index contributed by atoms with van der Waals surface area (Å²) in [5.74, 6) is 0. The predicted molar refractivity (Wildman–Crippen MR) is 89.4 cm³/mol. The Morgan fingerprint density at radius 3 is 2.67 bits per heavy atom. The molecule has 0 N–H and O–H groups in total. The van der Waals surface area contributed by atoms with Crippen molar-refractivity contribution in [2.75, 3.05) is 0 Å². The van der Waals surface area contributed by atoms with Gasteiger partial charge in [0.05, 0.1) is 15.0 Å². The van der Waals surface area contributed by atoms with Gasteiger partial charge in [-0.25, -0.2) is 4.68 Å². The number of aldehydes is 1. The van der Waals surface area contributed by atoms with E-state index in [1.54, 1.807) is 22.2 Å². The average Bonchev–Trinajstić information content (AvgIpc) is 3.02. The molecule has 0 fully saturated rings. The topological polar surface area (TPSA) is 34.9 Å². The molecule has 0 unspecified atom stereocenters. The lowest BCUT2D eigenvalue weighted by atomic mass is 10.1. The lowest BCUT2D eigenvalue weighted by Gasteiger charge is -2.04. The van der Waals surface area contributed by atoms with Gasteiger partial charge in [-0.1, -0.05) is 18.2 Å². The van der Waals surface area contributed by atoms with Crippen LogP contribution in [0.2, 0.25) is 0 Å². The summed E-state index contributed by atoms with van der Waals surface area (Å²) >= 11 is 5.13. The molecule has 3 aromatic rings. The van der Waals surface area contributed by atoms with Gasteiger partial charge in [0.1, 0.15) is 5.69 Å². The van der Waals surface area contributed by atoms with Crippen LogP contribution in [0.25, 0.3) is 16.9 Å². The van der Waals surface area contributed by atoms with E-state index in [0.717, 1.165) is 37.5 Å². The highest BCUT2D eigenvalue weighted by Crippen LogP contribution is 2.34. The molecule has 0 saturated heterocycles. The van der Waals surface area contributed by atoms with Crippen molar-refractivity contribution >= 4 is 33.6 Å². The highest BCUT2D eigenvalue weighted by molar-refractivity contribution is 9.11. The molecule has 0 radical (unpaired) electrons. The Morgan fingerprint density at radius 1 is 1.29 bits per heavy atom. The number of rotatable bonds is 3. The van der Waals surface area contributed by atoms with Gasteiger partial charge in [-0.15, -0.1) is 11.3 Å². The van der Waals surface area contributed by atoms with Crippen LogP contribution in [0.1, 0.15) is 20.8 Å². The number of carbonyl (C=O) groups is 1. The molecule has 5 heteroatoms. The smallest absolute Gasteiger partial charge is 0.153 e. The molecule has 0 saturated carbocycles. The second-order valence-electron chi connectivity index (χ2n) is 4.80. The largest absolute Gasteiger partial charge is 0.298 e. The van der Waals surface area contributed by atoms with Crippen LogP contribution in [-0.2, 0) is 0 Å². The van der Waals surface area contributed by atoms with Crippen molar-refractivity contribution in [1.82, 2.24) is 9.78 Å². The SMILES string of the molecule is Cc1ccccc1-n1cc(C=O)c(-c2cc(Br)sc2C)n1. The van der Waals surface area contributed by atoms with Crippen LogP contribution < -0.4 is 0 Å². The molecule has 3 nitrogen and oxygen atoms in total. The van der Waals surface area contributed by atoms with Crippen molar-refractivity contribution in [1.29, 1.82) is 0 Å². The molecule has 2 aromatic heterocycles. The van der Waals surface area contributed by atoms with E-state index in [0.29, 0.717) is 5.56 Å². The van der Waals surface area contributed by atoms with Gasteiger partial charge in [0.2, 0.25) is 0 Å². The third kappa shape index (κ3) is 2.59. The normalized spacial score (nSPS) is 10.8. The fraction of sp³-hybridized carbons (Fsp3) is 0.125. The maximum atomic E-state index is 11.4. The predicted octanol–water partition coefficient (Wildman–Crippen LogP) is 4.79. The molecule has 0 spiro atoms. The first-order valence-corrected chi connectivity index (χ1v) is 8.08. The second kappa shape index (κ2) is 5.58. The Bertz CT molecular complexity index is 820. The van der Waals surface area contributed by atoms with E-state index < -0.39 is 0 Å². The van der Waals surface area contributed by atoms with Crippen molar-refractivity contribution in [3.63, 3.8) is 0 Å². The molecule has 3 rings (SSSR count). The number of aromatic nitrogens is 2. The molecular formula is C16H13BrN2OS.